The second-order valence-electron chi connectivity index (χ2n) is 4.59. The molecule has 6 heteroatoms. The van der Waals surface area contributed by atoms with Crippen LogP contribution >= 0.6 is 11.6 Å². The standard InChI is InChI=1S/C15H14ClNO4/c1-9-6-13(10(2)21-9)15(20)17(8-14(18)19)12-5-3-4-11(16)7-12/h3-7H,8H2,1-2H3,(H,18,19). The molecule has 0 radical (unpaired) electrons. The first-order valence-corrected chi connectivity index (χ1v) is 6.62. The molecule has 0 unspecified atom stereocenters. The maximum Gasteiger partial charge on any atom is 0.323 e. The van der Waals surface area contributed by atoms with Gasteiger partial charge >= 0.3 is 5.97 Å². The highest BCUT2D eigenvalue weighted by molar-refractivity contribution is 6.31. The molecule has 1 amide bonds. The number of carbonyl (C=O) groups excluding carboxylic acids is 1. The van der Waals surface area contributed by atoms with Crippen LogP contribution in [0, 0.1) is 13.8 Å². The van der Waals surface area contributed by atoms with Crippen LogP contribution in [0.25, 0.3) is 0 Å². The summed E-state index contributed by atoms with van der Waals surface area (Å²) in [4.78, 5) is 24.8. The molecule has 1 heterocycles. The summed E-state index contributed by atoms with van der Waals surface area (Å²) < 4.78 is 5.33. The van der Waals surface area contributed by atoms with Gasteiger partial charge in [0.1, 0.15) is 18.1 Å². The molecular formula is C15H14ClNO4. The Hall–Kier alpha value is -2.27. The summed E-state index contributed by atoms with van der Waals surface area (Å²) in [5, 5.41) is 9.46. The molecule has 0 aliphatic heterocycles. The van der Waals surface area contributed by atoms with Crippen LogP contribution in [0.1, 0.15) is 21.9 Å². The van der Waals surface area contributed by atoms with Crippen molar-refractivity contribution in [3.05, 3.63) is 52.4 Å². The number of carboxylic acids is 1. The number of amides is 1. The first kappa shape index (κ1) is 15.1. The van der Waals surface area contributed by atoms with Crippen molar-refractivity contribution in [2.45, 2.75) is 13.8 Å². The van der Waals surface area contributed by atoms with Gasteiger partial charge in [0.05, 0.1) is 5.56 Å². The van der Waals surface area contributed by atoms with Crippen LogP contribution in [0.15, 0.2) is 34.7 Å². The Morgan fingerprint density at radius 3 is 2.52 bits per heavy atom. The van der Waals surface area contributed by atoms with Gasteiger partial charge in [-0.1, -0.05) is 17.7 Å². The van der Waals surface area contributed by atoms with Crippen molar-refractivity contribution in [2.75, 3.05) is 11.4 Å². The van der Waals surface area contributed by atoms with Gasteiger partial charge in [-0.2, -0.15) is 0 Å². The number of anilines is 1. The van der Waals surface area contributed by atoms with Crippen LogP contribution in [-0.4, -0.2) is 23.5 Å². The third-order valence-electron chi connectivity index (χ3n) is 2.93. The summed E-state index contributed by atoms with van der Waals surface area (Å²) in [7, 11) is 0. The minimum absolute atomic E-state index is 0.341. The van der Waals surface area contributed by atoms with E-state index in [1.165, 1.54) is 0 Å². The van der Waals surface area contributed by atoms with Gasteiger partial charge in [-0.25, -0.2) is 0 Å². The largest absolute Gasteiger partial charge is 0.480 e. The number of carboxylic acid groups (broad SMARTS) is 1. The predicted molar refractivity (Wildman–Crippen MR) is 78.9 cm³/mol. The molecule has 0 bridgehead atoms. The van der Waals surface area contributed by atoms with E-state index in [1.54, 1.807) is 44.2 Å². The molecule has 1 aromatic heterocycles. The number of rotatable bonds is 4. The zero-order valence-electron chi connectivity index (χ0n) is 11.6. The first-order valence-electron chi connectivity index (χ1n) is 6.24. The number of halogens is 1. The Morgan fingerprint density at radius 2 is 2.00 bits per heavy atom. The summed E-state index contributed by atoms with van der Waals surface area (Å²) in [6, 6.07) is 8.09. The summed E-state index contributed by atoms with van der Waals surface area (Å²) in [6.45, 7) is 2.94. The fourth-order valence-corrected chi connectivity index (χ4v) is 2.23. The third-order valence-corrected chi connectivity index (χ3v) is 3.16. The van der Waals surface area contributed by atoms with Crippen molar-refractivity contribution in [1.82, 2.24) is 0 Å². The maximum atomic E-state index is 12.6. The molecule has 0 saturated heterocycles. The third kappa shape index (κ3) is 3.44. The van der Waals surface area contributed by atoms with Gasteiger partial charge in [-0.05, 0) is 38.1 Å². The number of furan rings is 1. The van der Waals surface area contributed by atoms with E-state index in [-0.39, 0.29) is 0 Å². The van der Waals surface area contributed by atoms with Crippen molar-refractivity contribution in [3.8, 4) is 0 Å². The lowest BCUT2D eigenvalue weighted by atomic mass is 10.2. The molecule has 0 fully saturated rings. The molecular weight excluding hydrogens is 294 g/mol. The number of hydrogen-bond donors (Lipinski definition) is 1. The van der Waals surface area contributed by atoms with Crippen LogP contribution in [0.3, 0.4) is 0 Å². The van der Waals surface area contributed by atoms with E-state index in [9.17, 15) is 9.59 Å². The Labute approximate surface area is 126 Å². The zero-order valence-corrected chi connectivity index (χ0v) is 12.3. The highest BCUT2D eigenvalue weighted by atomic mass is 35.5. The Kier molecular flexibility index (Phi) is 4.33. The SMILES string of the molecule is Cc1cc(C(=O)N(CC(=O)O)c2cccc(Cl)c2)c(C)o1. The number of nitrogens with zero attached hydrogens (tertiary/aromatic N) is 1. The van der Waals surface area contributed by atoms with Crippen molar-refractivity contribution in [2.24, 2.45) is 0 Å². The second-order valence-corrected chi connectivity index (χ2v) is 5.03. The number of benzene rings is 1. The Balaban J connectivity index is 2.43. The van der Waals surface area contributed by atoms with Gasteiger partial charge in [0.25, 0.3) is 5.91 Å². The molecule has 0 aliphatic carbocycles. The fourth-order valence-electron chi connectivity index (χ4n) is 2.05. The Morgan fingerprint density at radius 1 is 1.29 bits per heavy atom. The van der Waals surface area contributed by atoms with Crippen LogP contribution in [0.4, 0.5) is 5.69 Å². The van der Waals surface area contributed by atoms with Crippen LogP contribution in [0.5, 0.6) is 0 Å². The molecule has 5 nitrogen and oxygen atoms in total. The van der Waals surface area contributed by atoms with Crippen LogP contribution in [-0.2, 0) is 4.79 Å². The van der Waals surface area contributed by atoms with E-state index in [0.717, 1.165) is 4.90 Å². The Bertz CT molecular complexity index is 693. The van der Waals surface area contributed by atoms with Crippen molar-refractivity contribution in [3.63, 3.8) is 0 Å². The summed E-state index contributed by atoms with van der Waals surface area (Å²) in [6.07, 6.45) is 0. The van der Waals surface area contributed by atoms with E-state index in [2.05, 4.69) is 0 Å². The van der Waals surface area contributed by atoms with Crippen LogP contribution < -0.4 is 4.90 Å². The van der Waals surface area contributed by atoms with Gasteiger partial charge in [0.2, 0.25) is 0 Å². The summed E-state index contributed by atoms with van der Waals surface area (Å²) in [5.41, 5.74) is 0.766. The lowest BCUT2D eigenvalue weighted by Crippen LogP contribution is -2.35. The minimum atomic E-state index is -1.11. The maximum absolute atomic E-state index is 12.6. The van der Waals surface area contributed by atoms with Gasteiger partial charge in [-0.3, -0.25) is 14.5 Å². The molecule has 110 valence electrons. The monoisotopic (exact) mass is 307 g/mol. The number of hydrogen-bond acceptors (Lipinski definition) is 3. The van der Waals surface area contributed by atoms with Gasteiger partial charge in [0, 0.05) is 10.7 Å². The van der Waals surface area contributed by atoms with Crippen molar-refractivity contribution < 1.29 is 19.1 Å². The fraction of sp³-hybridized carbons (Fsp3) is 0.200. The summed E-state index contributed by atoms with van der Waals surface area (Å²) >= 11 is 5.91. The van der Waals surface area contributed by atoms with Gasteiger partial charge < -0.3 is 9.52 Å². The van der Waals surface area contributed by atoms with E-state index in [4.69, 9.17) is 21.1 Å². The lowest BCUT2D eigenvalue weighted by molar-refractivity contribution is -0.135. The molecule has 0 atom stereocenters. The van der Waals surface area contributed by atoms with E-state index < -0.39 is 18.4 Å². The number of aliphatic carboxylic acids is 1. The molecule has 2 rings (SSSR count). The quantitative estimate of drug-likeness (QED) is 0.941. The topological polar surface area (TPSA) is 70.8 Å². The zero-order chi connectivity index (χ0) is 15.6. The predicted octanol–water partition coefficient (Wildman–Crippen LogP) is 3.28. The highest BCUT2D eigenvalue weighted by Gasteiger charge is 2.24. The van der Waals surface area contributed by atoms with E-state index >= 15 is 0 Å². The molecule has 2 aromatic rings. The smallest absolute Gasteiger partial charge is 0.323 e. The highest BCUT2D eigenvalue weighted by Crippen LogP contribution is 2.23. The van der Waals surface area contributed by atoms with E-state index in [1.807, 2.05) is 0 Å². The van der Waals surface area contributed by atoms with Crippen molar-refractivity contribution >= 4 is 29.2 Å². The average Bonchev–Trinajstić information content (AvgIpc) is 2.74. The number of carbonyl (C=O) groups is 2. The van der Waals surface area contributed by atoms with E-state index in [0.29, 0.717) is 27.8 Å². The molecule has 0 saturated carbocycles. The molecule has 0 aliphatic rings. The molecule has 1 N–H and O–H groups in total. The van der Waals surface area contributed by atoms with Gasteiger partial charge in [0.15, 0.2) is 0 Å². The molecule has 21 heavy (non-hydrogen) atoms. The van der Waals surface area contributed by atoms with Crippen LogP contribution in [0.2, 0.25) is 5.02 Å². The lowest BCUT2D eigenvalue weighted by Gasteiger charge is -2.20. The number of aryl methyl sites for hydroxylation is 2. The average molecular weight is 308 g/mol. The minimum Gasteiger partial charge on any atom is -0.480 e. The van der Waals surface area contributed by atoms with Gasteiger partial charge in [-0.15, -0.1) is 0 Å². The molecule has 0 spiro atoms. The summed E-state index contributed by atoms with van der Waals surface area (Å²) in [5.74, 6) is -0.498. The normalized spacial score (nSPS) is 10.4. The molecule has 1 aromatic carbocycles. The van der Waals surface area contributed by atoms with Crippen molar-refractivity contribution in [1.29, 1.82) is 0 Å². The first-order chi connectivity index (χ1) is 9.88. The second kappa shape index (κ2) is 6.01.